The topological polar surface area (TPSA) is 102 Å². The average Bonchev–Trinajstić information content (AvgIpc) is 3.43. The van der Waals surface area contributed by atoms with Gasteiger partial charge in [0.15, 0.2) is 0 Å². The molecule has 0 radical (unpaired) electrons. The van der Waals surface area contributed by atoms with Crippen LogP contribution < -0.4 is 10.1 Å². The molecule has 0 amide bonds. The normalized spacial score (nSPS) is 15.8. The van der Waals surface area contributed by atoms with Crippen molar-refractivity contribution >= 4 is 5.52 Å². The largest absolute Gasteiger partial charge is 0.482 e. The lowest BCUT2D eigenvalue weighted by Crippen LogP contribution is -2.30. The molecule has 2 N–H and O–H groups in total. The second-order valence-corrected chi connectivity index (χ2v) is 8.32. The molecule has 172 valence electrons. The predicted molar refractivity (Wildman–Crippen MR) is 119 cm³/mol. The third kappa shape index (κ3) is 4.07. The minimum atomic E-state index is -0.447. The van der Waals surface area contributed by atoms with Crippen molar-refractivity contribution in [1.29, 1.82) is 0 Å². The van der Waals surface area contributed by atoms with E-state index in [9.17, 15) is 9.50 Å². The number of aromatic nitrogens is 6. The van der Waals surface area contributed by atoms with Crippen LogP contribution >= 0.6 is 0 Å². The Kier molecular flexibility index (Phi) is 5.77. The highest BCUT2D eigenvalue weighted by atomic mass is 19.1. The number of fused-ring (bicyclic) bond motifs is 1. The first-order chi connectivity index (χ1) is 16.0. The van der Waals surface area contributed by atoms with Crippen molar-refractivity contribution in [2.24, 2.45) is 0 Å². The van der Waals surface area contributed by atoms with Gasteiger partial charge in [0, 0.05) is 17.3 Å². The lowest BCUT2D eigenvalue weighted by molar-refractivity contribution is 0.223. The molecular formula is C23H26FN7O2. The first kappa shape index (κ1) is 21.5. The van der Waals surface area contributed by atoms with E-state index in [1.165, 1.54) is 12.3 Å². The summed E-state index contributed by atoms with van der Waals surface area (Å²) in [5, 5.41) is 26.5. The van der Waals surface area contributed by atoms with Crippen LogP contribution in [-0.2, 0) is 6.61 Å². The van der Waals surface area contributed by atoms with Crippen molar-refractivity contribution in [3.8, 4) is 17.0 Å². The quantitative estimate of drug-likeness (QED) is 0.465. The van der Waals surface area contributed by atoms with Crippen LogP contribution in [0.5, 0.6) is 5.75 Å². The lowest BCUT2D eigenvalue weighted by atomic mass is 10.1. The summed E-state index contributed by atoms with van der Waals surface area (Å²) in [5.74, 6) is 0.129. The van der Waals surface area contributed by atoms with E-state index in [-0.39, 0.29) is 6.61 Å². The molecule has 4 aromatic heterocycles. The van der Waals surface area contributed by atoms with Gasteiger partial charge in [0.2, 0.25) is 0 Å². The van der Waals surface area contributed by atoms with Gasteiger partial charge in [0.1, 0.15) is 28.9 Å². The lowest BCUT2D eigenvalue weighted by Gasteiger charge is -2.23. The number of piperidine rings is 1. The Morgan fingerprint density at radius 3 is 2.82 bits per heavy atom. The molecule has 1 aliphatic rings. The summed E-state index contributed by atoms with van der Waals surface area (Å²) in [6, 6.07) is 5.16. The van der Waals surface area contributed by atoms with E-state index in [1.54, 1.807) is 16.8 Å². The number of pyridine rings is 2. The summed E-state index contributed by atoms with van der Waals surface area (Å²) in [6.45, 7) is 5.63. The van der Waals surface area contributed by atoms with E-state index in [0.29, 0.717) is 28.6 Å². The smallest absolute Gasteiger partial charge is 0.147 e. The van der Waals surface area contributed by atoms with Crippen LogP contribution in [0.1, 0.15) is 48.9 Å². The summed E-state index contributed by atoms with van der Waals surface area (Å²) in [7, 11) is 0. The first-order valence-electron chi connectivity index (χ1n) is 11.1. The number of aliphatic hydroxyl groups is 1. The maximum absolute atomic E-state index is 13.3. The standard InChI is InChI=1S/C23H26FN7O2/c1-14-22(28-29-31(14)19-5-7-25-8-6-19)16-9-21(23-17(13-32)10-27-30(23)12-16)33-15(2)20-4-3-18(24)11-26-20/h3-4,9-12,15,19,25,32H,5-8,13H2,1-2H3/t15-/m1/s1. The summed E-state index contributed by atoms with van der Waals surface area (Å²) < 4.78 is 23.2. The Morgan fingerprint density at radius 2 is 2.09 bits per heavy atom. The van der Waals surface area contributed by atoms with Crippen molar-refractivity contribution in [3.63, 3.8) is 0 Å². The number of nitrogens with zero attached hydrogens (tertiary/aromatic N) is 6. The Labute approximate surface area is 190 Å². The Morgan fingerprint density at radius 1 is 1.27 bits per heavy atom. The molecule has 10 heteroatoms. The van der Waals surface area contributed by atoms with Gasteiger partial charge in [-0.3, -0.25) is 4.98 Å². The van der Waals surface area contributed by atoms with Gasteiger partial charge in [0.25, 0.3) is 0 Å². The van der Waals surface area contributed by atoms with E-state index < -0.39 is 11.9 Å². The molecule has 0 aliphatic carbocycles. The number of hydrogen-bond acceptors (Lipinski definition) is 7. The third-order valence-corrected chi connectivity index (χ3v) is 6.15. The minimum Gasteiger partial charge on any atom is -0.482 e. The van der Waals surface area contributed by atoms with Gasteiger partial charge in [-0.2, -0.15) is 5.10 Å². The Hall–Kier alpha value is -3.37. The van der Waals surface area contributed by atoms with Gasteiger partial charge >= 0.3 is 0 Å². The molecule has 5 rings (SSSR count). The van der Waals surface area contributed by atoms with Crippen molar-refractivity contribution in [2.45, 2.75) is 45.4 Å². The molecule has 1 fully saturated rings. The van der Waals surface area contributed by atoms with Gasteiger partial charge in [0.05, 0.1) is 36.4 Å². The highest BCUT2D eigenvalue weighted by molar-refractivity contribution is 5.72. The molecule has 4 aromatic rings. The van der Waals surface area contributed by atoms with E-state index in [4.69, 9.17) is 4.74 Å². The highest BCUT2D eigenvalue weighted by Gasteiger charge is 2.23. The molecule has 0 aromatic carbocycles. The fourth-order valence-electron chi connectivity index (χ4n) is 4.36. The number of hydrogen-bond donors (Lipinski definition) is 2. The molecule has 33 heavy (non-hydrogen) atoms. The zero-order valence-corrected chi connectivity index (χ0v) is 18.6. The van der Waals surface area contributed by atoms with Crippen LogP contribution in [0.4, 0.5) is 4.39 Å². The van der Waals surface area contributed by atoms with Crippen molar-refractivity contribution < 1.29 is 14.2 Å². The molecule has 0 spiro atoms. The zero-order chi connectivity index (χ0) is 22.9. The Balaban J connectivity index is 1.54. The molecular weight excluding hydrogens is 425 g/mol. The van der Waals surface area contributed by atoms with E-state index in [1.807, 2.05) is 30.8 Å². The third-order valence-electron chi connectivity index (χ3n) is 6.15. The SMILES string of the molecule is Cc1c(-c2cc(O[C@H](C)c3ccc(F)cn3)c3c(CO)cnn3c2)nnn1C1CCNCC1. The number of nitrogens with one attached hydrogen (secondary N) is 1. The van der Waals surface area contributed by atoms with Crippen molar-refractivity contribution in [2.75, 3.05) is 13.1 Å². The second-order valence-electron chi connectivity index (χ2n) is 8.32. The molecule has 0 bridgehead atoms. The van der Waals surface area contributed by atoms with Gasteiger partial charge in [-0.15, -0.1) is 5.10 Å². The average molecular weight is 452 g/mol. The van der Waals surface area contributed by atoms with E-state index in [0.717, 1.165) is 42.9 Å². The monoisotopic (exact) mass is 451 g/mol. The summed E-state index contributed by atoms with van der Waals surface area (Å²) in [5.41, 5.74) is 4.45. The predicted octanol–water partition coefficient (Wildman–Crippen LogP) is 2.99. The maximum atomic E-state index is 13.3. The van der Waals surface area contributed by atoms with Crippen LogP contribution in [0.15, 0.2) is 36.8 Å². The van der Waals surface area contributed by atoms with Gasteiger partial charge in [-0.1, -0.05) is 5.21 Å². The van der Waals surface area contributed by atoms with Crippen LogP contribution in [0, 0.1) is 12.7 Å². The van der Waals surface area contributed by atoms with Crippen molar-refractivity contribution in [3.05, 3.63) is 59.6 Å². The van der Waals surface area contributed by atoms with E-state index >= 15 is 0 Å². The molecule has 1 atom stereocenters. The molecule has 0 unspecified atom stereocenters. The number of halogens is 1. The molecule has 5 heterocycles. The number of aliphatic hydroxyl groups excluding tert-OH is 1. The Bertz CT molecular complexity index is 1260. The van der Waals surface area contributed by atoms with Gasteiger partial charge in [-0.25, -0.2) is 13.6 Å². The van der Waals surface area contributed by atoms with Crippen LogP contribution in [-0.4, -0.2) is 47.8 Å². The van der Waals surface area contributed by atoms with Gasteiger partial charge in [-0.05, 0) is 58.0 Å². The fraction of sp³-hybridized carbons (Fsp3) is 0.391. The zero-order valence-electron chi connectivity index (χ0n) is 18.6. The molecule has 9 nitrogen and oxygen atoms in total. The second kappa shape index (κ2) is 8.87. The number of rotatable bonds is 6. The summed E-state index contributed by atoms with van der Waals surface area (Å²) in [6.07, 6.45) is 6.23. The maximum Gasteiger partial charge on any atom is 0.147 e. The van der Waals surface area contributed by atoms with Crippen LogP contribution in [0.2, 0.25) is 0 Å². The minimum absolute atomic E-state index is 0.173. The fourth-order valence-corrected chi connectivity index (χ4v) is 4.36. The number of ether oxygens (including phenoxy) is 1. The summed E-state index contributed by atoms with van der Waals surface area (Å²) in [4.78, 5) is 4.13. The van der Waals surface area contributed by atoms with Crippen LogP contribution in [0.25, 0.3) is 16.8 Å². The first-order valence-corrected chi connectivity index (χ1v) is 11.1. The molecule has 0 saturated carbocycles. The highest BCUT2D eigenvalue weighted by Crippen LogP contribution is 2.34. The molecule has 1 saturated heterocycles. The van der Waals surface area contributed by atoms with Crippen molar-refractivity contribution in [1.82, 2.24) is 34.9 Å². The molecule has 1 aliphatic heterocycles. The van der Waals surface area contributed by atoms with Gasteiger partial charge < -0.3 is 15.2 Å². The van der Waals surface area contributed by atoms with Crippen LogP contribution in [0.3, 0.4) is 0 Å². The van der Waals surface area contributed by atoms with E-state index in [2.05, 4.69) is 25.7 Å². The summed E-state index contributed by atoms with van der Waals surface area (Å²) >= 11 is 0.